The van der Waals surface area contributed by atoms with E-state index in [1.54, 1.807) is 0 Å². The topological polar surface area (TPSA) is 12.5 Å². The lowest BCUT2D eigenvalue weighted by molar-refractivity contribution is 0.0557. The van der Waals surface area contributed by atoms with Gasteiger partial charge in [0.25, 0.3) is 0 Å². The lowest BCUT2D eigenvalue weighted by Crippen LogP contribution is -2.06. The number of fused-ring (bicyclic) bond motifs is 1. The first-order chi connectivity index (χ1) is 5.68. The normalized spacial score (nSPS) is 15.9. The molecule has 0 bridgehead atoms. The fraction of sp³-hybridized carbons (Fsp3) is 0.143. The zero-order valence-electron chi connectivity index (χ0n) is 5.85. The Labute approximate surface area is 72.4 Å². The molecule has 1 heterocycles. The highest BCUT2D eigenvalue weighted by molar-refractivity contribution is 6.12. The van der Waals surface area contributed by atoms with Gasteiger partial charge in [-0.05, 0) is 10.6 Å². The van der Waals surface area contributed by atoms with Gasteiger partial charge < -0.3 is 4.84 Å². The van der Waals surface area contributed by atoms with Crippen LogP contribution in [0.5, 0.6) is 5.75 Å². The summed E-state index contributed by atoms with van der Waals surface area (Å²) in [6.07, 6.45) is 0. The van der Waals surface area contributed by atoms with Gasteiger partial charge in [0.2, 0.25) is 5.82 Å². The van der Waals surface area contributed by atoms with Gasteiger partial charge in [-0.3, -0.25) is 0 Å². The third kappa shape index (κ3) is 1.04. The van der Waals surface area contributed by atoms with E-state index in [0.717, 1.165) is 10.6 Å². The van der Waals surface area contributed by atoms with E-state index in [-0.39, 0.29) is 12.3 Å². The molecular weight excluding hydrogens is 188 g/mol. The quantitative estimate of drug-likeness (QED) is 0.583. The third-order valence-electron chi connectivity index (χ3n) is 1.62. The second-order valence-corrected chi connectivity index (χ2v) is 2.79. The van der Waals surface area contributed by atoms with Gasteiger partial charge in [0, 0.05) is 17.3 Å². The van der Waals surface area contributed by atoms with Gasteiger partial charge in [-0.1, -0.05) is 6.07 Å². The number of rotatable bonds is 0. The Hall–Kier alpha value is -0.870. The zero-order valence-corrected chi connectivity index (χ0v) is 6.61. The van der Waals surface area contributed by atoms with Crippen molar-refractivity contribution in [2.75, 3.05) is 0 Å². The van der Waals surface area contributed by atoms with Gasteiger partial charge in [0.05, 0.1) is 6.54 Å². The molecule has 1 aliphatic rings. The Balaban J connectivity index is 2.54. The predicted molar refractivity (Wildman–Crippen MR) is 38.4 cm³/mol. The third-order valence-corrected chi connectivity index (χ3v) is 1.81. The average molecular weight is 192 g/mol. The molecule has 12 heavy (non-hydrogen) atoms. The van der Waals surface area contributed by atoms with Crippen molar-refractivity contribution in [1.29, 1.82) is 0 Å². The maximum Gasteiger partial charge on any atom is 0.203 e. The minimum absolute atomic E-state index is 0.120. The van der Waals surface area contributed by atoms with E-state index >= 15 is 0 Å². The lowest BCUT2D eigenvalue weighted by atomic mass is 10.2. The van der Waals surface area contributed by atoms with Crippen molar-refractivity contribution >= 4 is 11.8 Å². The Morgan fingerprint density at radius 3 is 2.92 bits per heavy atom. The standard InChI is InChI=1S/C7H4ClF2NO/c8-11-3-4-1-2-5(9)6(10)7(4)12-11/h1-2H,3H2. The minimum atomic E-state index is -0.990. The van der Waals surface area contributed by atoms with Crippen LogP contribution in [0, 0.1) is 11.6 Å². The monoisotopic (exact) mass is 191 g/mol. The van der Waals surface area contributed by atoms with Gasteiger partial charge in [-0.2, -0.15) is 4.39 Å². The molecule has 0 aliphatic carbocycles. The molecule has 0 unspecified atom stereocenters. The Kier molecular flexibility index (Phi) is 1.66. The molecule has 0 spiro atoms. The summed E-state index contributed by atoms with van der Waals surface area (Å²) in [5.74, 6) is -2.04. The van der Waals surface area contributed by atoms with Crippen molar-refractivity contribution in [2.24, 2.45) is 0 Å². The molecule has 5 heteroatoms. The highest BCUT2D eigenvalue weighted by Crippen LogP contribution is 2.32. The Morgan fingerprint density at radius 2 is 2.17 bits per heavy atom. The molecule has 0 saturated heterocycles. The van der Waals surface area contributed by atoms with Gasteiger partial charge in [-0.25, -0.2) is 4.39 Å². The predicted octanol–water partition coefficient (Wildman–Crippen LogP) is 2.23. The number of halogens is 3. The molecular formula is C7H4ClF2NO. The van der Waals surface area contributed by atoms with E-state index < -0.39 is 11.6 Å². The molecule has 0 N–H and O–H groups in total. The van der Waals surface area contributed by atoms with E-state index in [4.69, 9.17) is 16.6 Å². The average Bonchev–Trinajstić information content (AvgIpc) is 2.39. The van der Waals surface area contributed by atoms with Crippen LogP contribution in [0.1, 0.15) is 5.56 Å². The molecule has 2 nitrogen and oxygen atoms in total. The second-order valence-electron chi connectivity index (χ2n) is 2.42. The fourth-order valence-electron chi connectivity index (χ4n) is 1.06. The number of hydrogen-bond acceptors (Lipinski definition) is 2. The van der Waals surface area contributed by atoms with E-state index in [1.165, 1.54) is 6.07 Å². The summed E-state index contributed by atoms with van der Waals surface area (Å²) in [6.45, 7) is 0.258. The van der Waals surface area contributed by atoms with Crippen molar-refractivity contribution < 1.29 is 13.6 Å². The van der Waals surface area contributed by atoms with E-state index in [0.29, 0.717) is 5.56 Å². The van der Waals surface area contributed by atoms with Gasteiger partial charge in [0.1, 0.15) is 0 Å². The van der Waals surface area contributed by atoms with Crippen molar-refractivity contribution in [2.45, 2.75) is 6.54 Å². The molecule has 1 aromatic carbocycles. The van der Waals surface area contributed by atoms with Crippen LogP contribution < -0.4 is 4.84 Å². The molecule has 1 aliphatic heterocycles. The zero-order chi connectivity index (χ0) is 8.72. The summed E-state index contributed by atoms with van der Waals surface area (Å²) in [5.41, 5.74) is 0.545. The van der Waals surface area contributed by atoms with Crippen LogP contribution in [-0.4, -0.2) is 4.58 Å². The summed E-state index contributed by atoms with van der Waals surface area (Å²) >= 11 is 5.42. The van der Waals surface area contributed by atoms with Crippen LogP contribution in [0.3, 0.4) is 0 Å². The van der Waals surface area contributed by atoms with E-state index in [9.17, 15) is 8.78 Å². The maximum absolute atomic E-state index is 12.9. The molecule has 0 aromatic heterocycles. The van der Waals surface area contributed by atoms with E-state index in [2.05, 4.69) is 0 Å². The Morgan fingerprint density at radius 1 is 1.42 bits per heavy atom. The van der Waals surface area contributed by atoms with Crippen LogP contribution >= 0.6 is 11.8 Å². The van der Waals surface area contributed by atoms with Crippen LogP contribution in [-0.2, 0) is 6.54 Å². The number of benzene rings is 1. The molecule has 2 rings (SSSR count). The summed E-state index contributed by atoms with van der Waals surface area (Å²) in [7, 11) is 0. The first-order valence-corrected chi connectivity index (χ1v) is 3.60. The van der Waals surface area contributed by atoms with Gasteiger partial charge in [-0.15, -0.1) is 0 Å². The van der Waals surface area contributed by atoms with Crippen molar-refractivity contribution in [1.82, 2.24) is 4.58 Å². The smallest absolute Gasteiger partial charge is 0.203 e. The van der Waals surface area contributed by atoms with Crippen LogP contribution in [0.2, 0.25) is 0 Å². The van der Waals surface area contributed by atoms with Crippen molar-refractivity contribution in [3.8, 4) is 5.75 Å². The maximum atomic E-state index is 12.9. The molecule has 0 atom stereocenters. The molecule has 0 radical (unpaired) electrons. The van der Waals surface area contributed by atoms with Crippen LogP contribution in [0.25, 0.3) is 0 Å². The SMILES string of the molecule is Fc1ccc2c(c1F)ON(Cl)C2. The van der Waals surface area contributed by atoms with E-state index in [1.807, 2.05) is 0 Å². The lowest BCUT2D eigenvalue weighted by Gasteiger charge is -2.02. The summed E-state index contributed by atoms with van der Waals surface area (Å²) in [4.78, 5) is 4.70. The summed E-state index contributed by atoms with van der Waals surface area (Å²) in [5, 5.41) is 0. The second kappa shape index (κ2) is 2.57. The minimum Gasteiger partial charge on any atom is -0.387 e. The number of hydrogen-bond donors (Lipinski definition) is 0. The van der Waals surface area contributed by atoms with Gasteiger partial charge >= 0.3 is 0 Å². The first kappa shape index (κ1) is 7.76. The first-order valence-electron chi connectivity index (χ1n) is 3.26. The number of hydroxylamine groups is 1. The number of nitrogens with zero attached hydrogens (tertiary/aromatic N) is 1. The van der Waals surface area contributed by atoms with Crippen molar-refractivity contribution in [3.63, 3.8) is 0 Å². The molecule has 0 amide bonds. The van der Waals surface area contributed by atoms with Crippen molar-refractivity contribution in [3.05, 3.63) is 29.3 Å². The van der Waals surface area contributed by atoms with Gasteiger partial charge in [0.15, 0.2) is 11.6 Å². The molecule has 64 valence electrons. The van der Waals surface area contributed by atoms with Crippen LogP contribution in [0.4, 0.5) is 8.78 Å². The highest BCUT2D eigenvalue weighted by atomic mass is 35.5. The molecule has 0 fully saturated rings. The highest BCUT2D eigenvalue weighted by Gasteiger charge is 2.25. The summed E-state index contributed by atoms with van der Waals surface area (Å²) < 4.78 is 26.4. The molecule has 0 saturated carbocycles. The fourth-order valence-corrected chi connectivity index (χ4v) is 1.26. The Bertz CT molecular complexity index is 331. The largest absolute Gasteiger partial charge is 0.387 e. The molecule has 1 aromatic rings. The summed E-state index contributed by atoms with van der Waals surface area (Å²) in [6, 6.07) is 2.49. The van der Waals surface area contributed by atoms with Crippen LogP contribution in [0.15, 0.2) is 12.1 Å².